The minimum absolute atomic E-state index is 0.0226. The highest BCUT2D eigenvalue weighted by Crippen LogP contribution is 2.32. The summed E-state index contributed by atoms with van der Waals surface area (Å²) in [5.74, 6) is 1.97. The molecule has 3 saturated carbocycles. The first kappa shape index (κ1) is 19.2. The van der Waals surface area contributed by atoms with E-state index in [4.69, 9.17) is 10.6 Å². The molecule has 0 aliphatic heterocycles. The predicted octanol–water partition coefficient (Wildman–Crippen LogP) is 4.42. The summed E-state index contributed by atoms with van der Waals surface area (Å²) < 4.78 is 0. The molecule has 4 nitrogen and oxygen atoms in total. The quantitative estimate of drug-likeness (QED) is 0.690. The minimum atomic E-state index is 0.0226. The average molecular weight is 351 g/mol. The largest absolute Gasteiger partial charge is 0.368 e. The molecule has 0 aromatic rings. The molecule has 0 amide bonds. The Balaban J connectivity index is 1.49. The van der Waals surface area contributed by atoms with E-state index in [-0.39, 0.29) is 5.97 Å². The maximum atomic E-state index is 12.5. The lowest BCUT2D eigenvalue weighted by Gasteiger charge is -2.34. The van der Waals surface area contributed by atoms with Gasteiger partial charge in [-0.3, -0.25) is 4.79 Å². The number of nitrogens with zero attached hydrogens (tertiary/aromatic N) is 1. The van der Waals surface area contributed by atoms with Crippen molar-refractivity contribution in [1.82, 2.24) is 5.06 Å². The Morgan fingerprint density at radius 2 is 1.40 bits per heavy atom. The first-order valence-electron chi connectivity index (χ1n) is 10.9. The van der Waals surface area contributed by atoms with Crippen LogP contribution in [-0.2, 0) is 9.63 Å². The van der Waals surface area contributed by atoms with Crippen molar-refractivity contribution in [3.63, 3.8) is 0 Å². The van der Waals surface area contributed by atoms with Crippen LogP contribution >= 0.6 is 0 Å². The average Bonchev–Trinajstić information content (AvgIpc) is 3.17. The summed E-state index contributed by atoms with van der Waals surface area (Å²) in [4.78, 5) is 18.5. The topological polar surface area (TPSA) is 55.6 Å². The number of carbonyl (C=O) groups is 1. The SMILES string of the molecule is NCC1CCC(CN(OC(=O)CC2CCCCC2)C2CCCC2)CC1. The van der Waals surface area contributed by atoms with Gasteiger partial charge in [-0.1, -0.05) is 32.1 Å². The molecule has 0 aromatic heterocycles. The second kappa shape index (κ2) is 9.91. The molecular weight excluding hydrogens is 312 g/mol. The Morgan fingerprint density at radius 3 is 2.04 bits per heavy atom. The number of nitrogens with two attached hydrogens (primary N) is 1. The van der Waals surface area contributed by atoms with Crippen LogP contribution in [0.15, 0.2) is 0 Å². The zero-order chi connectivity index (χ0) is 17.5. The highest BCUT2D eigenvalue weighted by Gasteiger charge is 2.30. The van der Waals surface area contributed by atoms with Gasteiger partial charge in [-0.25, -0.2) is 0 Å². The predicted molar refractivity (Wildman–Crippen MR) is 101 cm³/mol. The van der Waals surface area contributed by atoms with Crippen LogP contribution < -0.4 is 5.73 Å². The lowest BCUT2D eigenvalue weighted by Crippen LogP contribution is -2.40. The highest BCUT2D eigenvalue weighted by atomic mass is 16.7. The second-order valence-electron chi connectivity index (χ2n) is 8.83. The van der Waals surface area contributed by atoms with Crippen molar-refractivity contribution < 1.29 is 9.63 Å². The first-order valence-corrected chi connectivity index (χ1v) is 10.9. The van der Waals surface area contributed by atoms with E-state index >= 15 is 0 Å². The van der Waals surface area contributed by atoms with Crippen molar-refractivity contribution in [1.29, 1.82) is 0 Å². The Labute approximate surface area is 153 Å². The van der Waals surface area contributed by atoms with Crippen molar-refractivity contribution in [3.05, 3.63) is 0 Å². The summed E-state index contributed by atoms with van der Waals surface area (Å²) in [7, 11) is 0. The number of rotatable bonds is 7. The maximum Gasteiger partial charge on any atom is 0.325 e. The molecule has 25 heavy (non-hydrogen) atoms. The number of carbonyl (C=O) groups excluding carboxylic acids is 1. The van der Waals surface area contributed by atoms with Crippen LogP contribution in [0.2, 0.25) is 0 Å². The molecule has 2 N–H and O–H groups in total. The summed E-state index contributed by atoms with van der Waals surface area (Å²) in [5, 5.41) is 2.10. The van der Waals surface area contributed by atoms with Crippen molar-refractivity contribution in [2.45, 2.75) is 95.9 Å². The molecule has 3 fully saturated rings. The molecule has 0 spiro atoms. The molecule has 0 radical (unpaired) electrons. The fourth-order valence-corrected chi connectivity index (χ4v) is 5.15. The number of hydroxylamine groups is 2. The van der Waals surface area contributed by atoms with Gasteiger partial charge in [0.05, 0.1) is 6.42 Å². The third-order valence-corrected chi connectivity index (χ3v) is 6.87. The van der Waals surface area contributed by atoms with Gasteiger partial charge >= 0.3 is 5.97 Å². The van der Waals surface area contributed by atoms with Crippen LogP contribution in [-0.4, -0.2) is 30.2 Å². The van der Waals surface area contributed by atoms with Crippen molar-refractivity contribution >= 4 is 5.97 Å². The number of hydrogen-bond donors (Lipinski definition) is 1. The molecule has 0 unspecified atom stereocenters. The van der Waals surface area contributed by atoms with E-state index < -0.39 is 0 Å². The van der Waals surface area contributed by atoms with Gasteiger partial charge < -0.3 is 10.6 Å². The van der Waals surface area contributed by atoms with E-state index in [1.165, 1.54) is 83.5 Å². The molecule has 0 atom stereocenters. The van der Waals surface area contributed by atoms with Gasteiger partial charge in [0.15, 0.2) is 0 Å². The summed E-state index contributed by atoms with van der Waals surface area (Å²) in [6.07, 6.45) is 16.9. The molecular formula is C21H38N2O2. The van der Waals surface area contributed by atoms with Crippen LogP contribution in [0.4, 0.5) is 0 Å². The summed E-state index contributed by atoms with van der Waals surface area (Å²) >= 11 is 0. The van der Waals surface area contributed by atoms with Gasteiger partial charge in [0.2, 0.25) is 0 Å². The first-order chi connectivity index (χ1) is 12.2. The van der Waals surface area contributed by atoms with Crippen LogP contribution in [0, 0.1) is 17.8 Å². The van der Waals surface area contributed by atoms with Crippen molar-refractivity contribution in [3.8, 4) is 0 Å². The molecule has 3 aliphatic carbocycles. The van der Waals surface area contributed by atoms with E-state index in [1.54, 1.807) is 0 Å². The molecule has 3 aliphatic rings. The standard InChI is InChI=1S/C21H38N2O2/c22-15-18-10-12-19(13-11-18)16-23(20-8-4-5-9-20)25-21(24)14-17-6-2-1-3-7-17/h17-20H,1-16,22H2. The van der Waals surface area contributed by atoms with Crippen molar-refractivity contribution in [2.24, 2.45) is 23.5 Å². The fourth-order valence-electron chi connectivity index (χ4n) is 5.15. The molecule has 0 saturated heterocycles. The molecule has 0 aromatic carbocycles. The Morgan fingerprint density at radius 1 is 0.800 bits per heavy atom. The van der Waals surface area contributed by atoms with Gasteiger partial charge in [0.1, 0.15) is 0 Å². The Kier molecular flexibility index (Phi) is 7.60. The Bertz CT molecular complexity index is 395. The Hall–Kier alpha value is -0.610. The van der Waals surface area contributed by atoms with Gasteiger partial charge in [-0.2, -0.15) is 0 Å². The third-order valence-electron chi connectivity index (χ3n) is 6.87. The van der Waals surface area contributed by atoms with Crippen LogP contribution in [0.3, 0.4) is 0 Å². The van der Waals surface area contributed by atoms with E-state index in [0.29, 0.717) is 30.2 Å². The van der Waals surface area contributed by atoms with E-state index in [9.17, 15) is 4.79 Å². The fraction of sp³-hybridized carbons (Fsp3) is 0.952. The minimum Gasteiger partial charge on any atom is -0.368 e. The van der Waals surface area contributed by atoms with Gasteiger partial charge in [-0.15, -0.1) is 5.06 Å². The van der Waals surface area contributed by atoms with E-state index in [2.05, 4.69) is 5.06 Å². The summed E-state index contributed by atoms with van der Waals surface area (Å²) in [6, 6.07) is 0.461. The molecule has 4 heteroatoms. The number of hydrogen-bond acceptors (Lipinski definition) is 4. The van der Waals surface area contributed by atoms with Gasteiger partial charge in [0.25, 0.3) is 0 Å². The third kappa shape index (κ3) is 5.96. The monoisotopic (exact) mass is 350 g/mol. The van der Waals surface area contributed by atoms with Gasteiger partial charge in [-0.05, 0) is 75.7 Å². The van der Waals surface area contributed by atoms with Crippen molar-refractivity contribution in [2.75, 3.05) is 13.1 Å². The van der Waals surface area contributed by atoms with Crippen LogP contribution in [0.5, 0.6) is 0 Å². The van der Waals surface area contributed by atoms with Gasteiger partial charge in [0, 0.05) is 12.6 Å². The van der Waals surface area contributed by atoms with E-state index in [1.807, 2.05) is 0 Å². The summed E-state index contributed by atoms with van der Waals surface area (Å²) in [6.45, 7) is 1.77. The second-order valence-corrected chi connectivity index (χ2v) is 8.83. The smallest absolute Gasteiger partial charge is 0.325 e. The molecule has 0 bridgehead atoms. The lowest BCUT2D eigenvalue weighted by molar-refractivity contribution is -0.207. The molecule has 3 rings (SSSR count). The molecule has 144 valence electrons. The lowest BCUT2D eigenvalue weighted by atomic mass is 9.82. The highest BCUT2D eigenvalue weighted by molar-refractivity contribution is 5.69. The normalized spacial score (nSPS) is 29.2. The maximum absolute atomic E-state index is 12.5. The van der Waals surface area contributed by atoms with E-state index in [0.717, 1.165) is 13.1 Å². The zero-order valence-electron chi connectivity index (χ0n) is 16.0. The van der Waals surface area contributed by atoms with Crippen LogP contribution in [0.25, 0.3) is 0 Å². The summed E-state index contributed by atoms with van der Waals surface area (Å²) in [5.41, 5.74) is 5.82. The molecule has 0 heterocycles. The zero-order valence-corrected chi connectivity index (χ0v) is 16.0. The van der Waals surface area contributed by atoms with Crippen LogP contribution in [0.1, 0.15) is 89.9 Å².